The Kier molecular flexibility index (Phi) is 4.61. The molecule has 1 fully saturated rings. The van der Waals surface area contributed by atoms with E-state index in [4.69, 9.17) is 0 Å². The number of hydrogen-bond donors (Lipinski definition) is 1. The first kappa shape index (κ1) is 15.9. The summed E-state index contributed by atoms with van der Waals surface area (Å²) in [6, 6.07) is 11.2. The highest BCUT2D eigenvalue weighted by molar-refractivity contribution is 7.92. The predicted octanol–water partition coefficient (Wildman–Crippen LogP) is 2.92. The predicted molar refractivity (Wildman–Crippen MR) is 91.0 cm³/mol. The smallest absolute Gasteiger partial charge is 0.226 e. The van der Waals surface area contributed by atoms with Crippen LogP contribution in [0.1, 0.15) is 32.1 Å². The van der Waals surface area contributed by atoms with Gasteiger partial charge >= 0.3 is 0 Å². The van der Waals surface area contributed by atoms with Crippen molar-refractivity contribution in [3.8, 4) is 0 Å². The first-order valence-corrected chi connectivity index (χ1v) is 9.63. The molecule has 1 aliphatic carbocycles. The summed E-state index contributed by atoms with van der Waals surface area (Å²) in [4.78, 5) is 16.4. The van der Waals surface area contributed by atoms with Gasteiger partial charge in [-0.15, -0.1) is 0 Å². The molecule has 3 rings (SSSR count). The van der Waals surface area contributed by atoms with Gasteiger partial charge in [-0.1, -0.05) is 31.0 Å². The molecular weight excluding hydrogens is 312 g/mol. The van der Waals surface area contributed by atoms with E-state index < -0.39 is 9.84 Å². The third kappa shape index (κ3) is 3.88. The molecule has 1 heterocycles. The van der Waals surface area contributed by atoms with Gasteiger partial charge in [0.05, 0.1) is 16.5 Å². The van der Waals surface area contributed by atoms with Gasteiger partial charge < -0.3 is 5.32 Å². The van der Waals surface area contributed by atoms with Gasteiger partial charge in [-0.25, -0.2) is 13.4 Å². The second kappa shape index (κ2) is 6.66. The SMILES string of the molecule is O=C(CCS(=O)(=O)C1CCCC1)Nc1ccc2ccccc2n1. The quantitative estimate of drug-likeness (QED) is 0.913. The number of benzene rings is 1. The maximum absolute atomic E-state index is 12.2. The van der Waals surface area contributed by atoms with E-state index in [9.17, 15) is 13.2 Å². The molecule has 0 bridgehead atoms. The second-order valence-corrected chi connectivity index (χ2v) is 8.36. The molecular formula is C17H20N2O3S. The topological polar surface area (TPSA) is 76.1 Å². The lowest BCUT2D eigenvalue weighted by Gasteiger charge is -2.11. The van der Waals surface area contributed by atoms with Crippen LogP contribution in [-0.4, -0.2) is 30.3 Å². The monoisotopic (exact) mass is 332 g/mol. The molecule has 0 unspecified atom stereocenters. The summed E-state index contributed by atoms with van der Waals surface area (Å²) in [5.41, 5.74) is 0.795. The van der Waals surface area contributed by atoms with Crippen LogP contribution in [0.5, 0.6) is 0 Å². The van der Waals surface area contributed by atoms with Gasteiger partial charge in [-0.3, -0.25) is 4.79 Å². The molecule has 0 radical (unpaired) electrons. The Morgan fingerprint density at radius 1 is 1.13 bits per heavy atom. The summed E-state index contributed by atoms with van der Waals surface area (Å²) in [6.45, 7) is 0. The van der Waals surface area contributed by atoms with Gasteiger partial charge in [-0.05, 0) is 31.0 Å². The Hall–Kier alpha value is -1.95. The Labute approximate surface area is 136 Å². The number of aromatic nitrogens is 1. The summed E-state index contributed by atoms with van der Waals surface area (Å²) < 4.78 is 24.3. The Morgan fingerprint density at radius 2 is 1.87 bits per heavy atom. The molecule has 23 heavy (non-hydrogen) atoms. The number of nitrogens with one attached hydrogen (secondary N) is 1. The van der Waals surface area contributed by atoms with Crippen molar-refractivity contribution in [3.05, 3.63) is 36.4 Å². The molecule has 1 N–H and O–H groups in total. The number of pyridine rings is 1. The average molecular weight is 332 g/mol. The molecule has 0 atom stereocenters. The molecule has 1 saturated carbocycles. The number of sulfone groups is 1. The van der Waals surface area contributed by atoms with E-state index in [1.54, 1.807) is 6.07 Å². The number of carbonyl (C=O) groups is 1. The number of nitrogens with zero attached hydrogens (tertiary/aromatic N) is 1. The lowest BCUT2D eigenvalue weighted by Crippen LogP contribution is -2.24. The third-order valence-corrected chi connectivity index (χ3v) is 6.55. The van der Waals surface area contributed by atoms with Crippen LogP contribution in [0.15, 0.2) is 36.4 Å². The summed E-state index contributed by atoms with van der Waals surface area (Å²) >= 11 is 0. The van der Waals surface area contributed by atoms with Crippen LogP contribution >= 0.6 is 0 Å². The van der Waals surface area contributed by atoms with Crippen molar-refractivity contribution >= 4 is 32.5 Å². The fourth-order valence-electron chi connectivity index (χ4n) is 2.99. The zero-order valence-electron chi connectivity index (χ0n) is 12.9. The molecule has 1 amide bonds. The number of amides is 1. The Bertz CT molecular complexity index is 811. The van der Waals surface area contributed by atoms with Gasteiger partial charge in [0.15, 0.2) is 9.84 Å². The highest BCUT2D eigenvalue weighted by Gasteiger charge is 2.28. The van der Waals surface area contributed by atoms with Crippen molar-refractivity contribution in [2.24, 2.45) is 0 Å². The van der Waals surface area contributed by atoms with Crippen LogP contribution in [0.3, 0.4) is 0 Å². The van der Waals surface area contributed by atoms with E-state index in [1.165, 1.54) is 0 Å². The van der Waals surface area contributed by atoms with Gasteiger partial charge in [0, 0.05) is 11.8 Å². The molecule has 2 aromatic rings. The lowest BCUT2D eigenvalue weighted by atomic mass is 10.2. The standard InChI is InChI=1S/C17H20N2O3S/c20-17(11-12-23(21,22)14-6-2-3-7-14)19-16-10-9-13-5-1-4-8-15(13)18-16/h1,4-5,8-10,14H,2-3,6-7,11-12H2,(H,18,19,20). The van der Waals surface area contributed by atoms with E-state index in [-0.39, 0.29) is 23.3 Å². The fourth-order valence-corrected chi connectivity index (χ4v) is 4.84. The van der Waals surface area contributed by atoms with E-state index in [2.05, 4.69) is 10.3 Å². The second-order valence-electron chi connectivity index (χ2n) is 5.96. The van der Waals surface area contributed by atoms with Gasteiger partial charge in [0.25, 0.3) is 0 Å². The van der Waals surface area contributed by atoms with Gasteiger partial charge in [-0.2, -0.15) is 0 Å². The van der Waals surface area contributed by atoms with Crippen LogP contribution in [0, 0.1) is 0 Å². The lowest BCUT2D eigenvalue weighted by molar-refractivity contribution is -0.115. The summed E-state index contributed by atoms with van der Waals surface area (Å²) in [7, 11) is -3.16. The number of anilines is 1. The molecule has 1 aromatic heterocycles. The van der Waals surface area contributed by atoms with E-state index >= 15 is 0 Å². The minimum absolute atomic E-state index is 0.0205. The Balaban J connectivity index is 1.60. The van der Waals surface area contributed by atoms with Crippen LogP contribution in [0.4, 0.5) is 5.82 Å². The van der Waals surface area contributed by atoms with Gasteiger partial charge in [0.1, 0.15) is 5.82 Å². The molecule has 6 heteroatoms. The Morgan fingerprint density at radius 3 is 2.65 bits per heavy atom. The zero-order valence-corrected chi connectivity index (χ0v) is 13.7. The maximum Gasteiger partial charge on any atom is 0.226 e. The first-order valence-electron chi connectivity index (χ1n) is 7.92. The summed E-state index contributed by atoms with van der Waals surface area (Å²) in [5, 5.41) is 3.42. The normalized spacial score (nSPS) is 15.8. The first-order chi connectivity index (χ1) is 11.0. The molecule has 5 nitrogen and oxygen atoms in total. The number of hydrogen-bond acceptors (Lipinski definition) is 4. The molecule has 122 valence electrons. The summed E-state index contributed by atoms with van der Waals surface area (Å²) in [6.07, 6.45) is 3.38. The largest absolute Gasteiger partial charge is 0.311 e. The third-order valence-electron chi connectivity index (χ3n) is 4.29. The average Bonchev–Trinajstić information content (AvgIpc) is 3.08. The number of rotatable bonds is 5. The number of para-hydroxylation sites is 1. The highest BCUT2D eigenvalue weighted by atomic mass is 32.2. The molecule has 0 aliphatic heterocycles. The van der Waals surface area contributed by atoms with Crippen LogP contribution in [0.2, 0.25) is 0 Å². The minimum atomic E-state index is -3.16. The van der Waals surface area contributed by atoms with E-state index in [0.717, 1.165) is 36.6 Å². The van der Waals surface area contributed by atoms with Crippen molar-refractivity contribution in [2.75, 3.05) is 11.1 Å². The molecule has 1 aliphatic rings. The van der Waals surface area contributed by atoms with Gasteiger partial charge in [0.2, 0.25) is 5.91 Å². The van der Waals surface area contributed by atoms with E-state index in [1.807, 2.05) is 30.3 Å². The molecule has 1 aromatic carbocycles. The molecule has 0 spiro atoms. The van der Waals surface area contributed by atoms with Crippen molar-refractivity contribution < 1.29 is 13.2 Å². The van der Waals surface area contributed by atoms with Crippen molar-refractivity contribution in [1.29, 1.82) is 0 Å². The number of fused-ring (bicyclic) bond motifs is 1. The van der Waals surface area contributed by atoms with Crippen molar-refractivity contribution in [1.82, 2.24) is 4.98 Å². The highest BCUT2D eigenvalue weighted by Crippen LogP contribution is 2.25. The van der Waals surface area contributed by atoms with Crippen LogP contribution in [-0.2, 0) is 14.6 Å². The minimum Gasteiger partial charge on any atom is -0.311 e. The number of carbonyl (C=O) groups excluding carboxylic acids is 1. The zero-order chi connectivity index (χ0) is 16.3. The maximum atomic E-state index is 12.2. The van der Waals surface area contributed by atoms with Crippen LogP contribution < -0.4 is 5.32 Å². The van der Waals surface area contributed by atoms with E-state index in [0.29, 0.717) is 5.82 Å². The van der Waals surface area contributed by atoms with Crippen molar-refractivity contribution in [2.45, 2.75) is 37.4 Å². The van der Waals surface area contributed by atoms with Crippen LogP contribution in [0.25, 0.3) is 10.9 Å². The van der Waals surface area contributed by atoms with Crippen molar-refractivity contribution in [3.63, 3.8) is 0 Å². The molecule has 0 saturated heterocycles. The fraction of sp³-hybridized carbons (Fsp3) is 0.412. The summed E-state index contributed by atoms with van der Waals surface area (Å²) in [5.74, 6) is 0.0539.